The highest BCUT2D eigenvalue weighted by atomic mass is 14.4. The van der Waals surface area contributed by atoms with Crippen LogP contribution in [0.5, 0.6) is 0 Å². The second kappa shape index (κ2) is 13.7. The predicted octanol–water partition coefficient (Wildman–Crippen LogP) is 13.4. The summed E-state index contributed by atoms with van der Waals surface area (Å²) in [4.78, 5) is 0. The molecule has 0 saturated carbocycles. The Labute approximate surface area is 319 Å². The molecule has 0 bridgehead atoms. The number of rotatable bonds is 6. The number of benzene rings is 3. The molecule has 54 heavy (non-hydrogen) atoms. The molecule has 3 aromatic rings. The van der Waals surface area contributed by atoms with Gasteiger partial charge in [-0.05, 0) is 176 Å². The third-order valence-corrected chi connectivity index (χ3v) is 13.1. The lowest BCUT2D eigenvalue weighted by molar-refractivity contribution is 0.651. The van der Waals surface area contributed by atoms with Gasteiger partial charge in [-0.2, -0.15) is 0 Å². The molecule has 0 aromatic heterocycles. The quantitative estimate of drug-likeness (QED) is 0.241. The van der Waals surface area contributed by atoms with E-state index in [1.807, 2.05) is 0 Å². The van der Waals surface area contributed by atoms with Crippen LogP contribution in [0.1, 0.15) is 97.9 Å². The Morgan fingerprint density at radius 3 is 1.81 bits per heavy atom. The first-order chi connectivity index (χ1) is 26.6. The van der Waals surface area contributed by atoms with Crippen molar-refractivity contribution < 1.29 is 0 Å². The first-order valence-electron chi connectivity index (χ1n) is 20.0. The molecule has 0 radical (unpaired) electrons. The van der Waals surface area contributed by atoms with Crippen molar-refractivity contribution in [2.24, 2.45) is 5.92 Å². The fourth-order valence-corrected chi connectivity index (χ4v) is 10.1. The molecule has 0 fully saturated rings. The van der Waals surface area contributed by atoms with E-state index in [4.69, 9.17) is 10.8 Å². The first-order valence-corrected chi connectivity index (χ1v) is 20.0. The summed E-state index contributed by atoms with van der Waals surface area (Å²) in [6.07, 6.45) is 40.2. The van der Waals surface area contributed by atoms with Gasteiger partial charge in [-0.25, -0.2) is 0 Å². The first kappa shape index (κ1) is 33.0. The van der Waals surface area contributed by atoms with E-state index in [1.54, 1.807) is 0 Å². The molecule has 0 saturated heterocycles. The summed E-state index contributed by atoms with van der Waals surface area (Å²) < 4.78 is 0. The smallest absolute Gasteiger partial charge is 0.0250 e. The minimum atomic E-state index is 0.331. The van der Waals surface area contributed by atoms with Gasteiger partial charge in [0.25, 0.3) is 0 Å². The molecular weight excluding hydrogens is 653 g/mol. The van der Waals surface area contributed by atoms with Crippen LogP contribution in [0.3, 0.4) is 0 Å². The summed E-state index contributed by atoms with van der Waals surface area (Å²) in [7, 11) is 0. The maximum absolute atomic E-state index is 7.61. The van der Waals surface area contributed by atoms with Crippen LogP contribution in [0.15, 0.2) is 166 Å². The molecule has 3 aromatic carbocycles. The number of fused-ring (bicyclic) bond motifs is 5. The standard InChI is InChI=1S/C52H46N2/c53-31-33-9-13-35(14-10-33)37-17-19-41-27-43(23-21-39(41)25-37)49-29-52-48-8-4-2-6-46(48)50(30-51(52)47-7-3-1-5-45(47)49)44-24-22-40-26-38(18-20-42(40)28-44)36-15-11-34(32-54)12-16-36/h1-11,13-15,25-32,46,48,53-54H,12,16-24H2. The van der Waals surface area contributed by atoms with Crippen LogP contribution in [-0.2, 0) is 0 Å². The zero-order valence-electron chi connectivity index (χ0n) is 30.9. The number of hydrogen-bond acceptors (Lipinski definition) is 2. The molecule has 7 aliphatic rings. The van der Waals surface area contributed by atoms with Gasteiger partial charge in [0, 0.05) is 24.3 Å². The third-order valence-electron chi connectivity index (χ3n) is 13.1. The van der Waals surface area contributed by atoms with Crippen LogP contribution in [-0.4, -0.2) is 12.4 Å². The van der Waals surface area contributed by atoms with Crippen molar-refractivity contribution in [1.82, 2.24) is 0 Å². The van der Waals surface area contributed by atoms with Crippen molar-refractivity contribution >= 4 is 40.4 Å². The lowest BCUT2D eigenvalue weighted by Gasteiger charge is -2.36. The molecule has 10 rings (SSSR count). The van der Waals surface area contributed by atoms with Crippen LogP contribution >= 0.6 is 0 Å². The van der Waals surface area contributed by atoms with E-state index in [0.717, 1.165) is 75.3 Å². The Bertz CT molecular complexity index is 2510. The average molecular weight is 699 g/mol. The number of hydrogen-bond donors (Lipinski definition) is 2. The van der Waals surface area contributed by atoms with Gasteiger partial charge < -0.3 is 10.8 Å². The van der Waals surface area contributed by atoms with Gasteiger partial charge in [-0.15, -0.1) is 0 Å². The highest BCUT2D eigenvalue weighted by Gasteiger charge is 2.34. The van der Waals surface area contributed by atoms with Crippen molar-refractivity contribution in [2.75, 3.05) is 0 Å². The van der Waals surface area contributed by atoms with Gasteiger partial charge in [-0.1, -0.05) is 109 Å². The van der Waals surface area contributed by atoms with E-state index in [9.17, 15) is 0 Å². The van der Waals surface area contributed by atoms with E-state index in [2.05, 4.69) is 121 Å². The normalized spacial score (nSPS) is 23.1. The molecule has 2 atom stereocenters. The van der Waals surface area contributed by atoms with E-state index in [0.29, 0.717) is 11.8 Å². The molecule has 7 aliphatic carbocycles. The van der Waals surface area contributed by atoms with Crippen molar-refractivity contribution in [3.63, 3.8) is 0 Å². The Morgan fingerprint density at radius 1 is 0.500 bits per heavy atom. The Balaban J connectivity index is 1.01. The lowest BCUT2D eigenvalue weighted by atomic mass is 9.67. The molecule has 264 valence electrons. The molecule has 2 N–H and O–H groups in total. The predicted molar refractivity (Wildman–Crippen MR) is 228 cm³/mol. The zero-order chi connectivity index (χ0) is 36.2. The summed E-state index contributed by atoms with van der Waals surface area (Å²) in [5, 5.41) is 17.9. The van der Waals surface area contributed by atoms with Gasteiger partial charge in [0.2, 0.25) is 0 Å². The summed E-state index contributed by atoms with van der Waals surface area (Å²) in [6.45, 7) is 0. The Hall–Kier alpha value is -5.60. The molecule has 0 amide bonds. The maximum atomic E-state index is 7.61. The molecule has 2 nitrogen and oxygen atoms in total. The highest BCUT2D eigenvalue weighted by molar-refractivity contribution is 6.01. The summed E-state index contributed by atoms with van der Waals surface area (Å²) in [5.41, 5.74) is 22.7. The van der Waals surface area contributed by atoms with Gasteiger partial charge in [-0.3, -0.25) is 0 Å². The van der Waals surface area contributed by atoms with E-state index in [-0.39, 0.29) is 0 Å². The Morgan fingerprint density at radius 2 is 1.11 bits per heavy atom. The fraction of sp³-hybridized carbons (Fsp3) is 0.231. The van der Waals surface area contributed by atoms with Crippen LogP contribution in [0, 0.1) is 16.7 Å². The van der Waals surface area contributed by atoms with Crippen molar-refractivity contribution in [1.29, 1.82) is 10.8 Å². The van der Waals surface area contributed by atoms with Gasteiger partial charge in [0.1, 0.15) is 0 Å². The fourth-order valence-electron chi connectivity index (χ4n) is 10.1. The van der Waals surface area contributed by atoms with E-state index >= 15 is 0 Å². The molecule has 2 unspecified atom stereocenters. The van der Waals surface area contributed by atoms with Crippen molar-refractivity contribution in [3.05, 3.63) is 193 Å². The molecule has 2 heteroatoms. The van der Waals surface area contributed by atoms with Gasteiger partial charge >= 0.3 is 0 Å². The van der Waals surface area contributed by atoms with E-state index < -0.39 is 0 Å². The minimum Gasteiger partial charge on any atom is -0.308 e. The van der Waals surface area contributed by atoms with Crippen LogP contribution in [0.4, 0.5) is 0 Å². The summed E-state index contributed by atoms with van der Waals surface area (Å²) in [5.74, 6) is 0.685. The highest BCUT2D eigenvalue weighted by Crippen LogP contribution is 2.51. The Kier molecular flexibility index (Phi) is 8.36. The van der Waals surface area contributed by atoms with Crippen LogP contribution < -0.4 is 0 Å². The average Bonchev–Trinajstić information content (AvgIpc) is 3.25. The maximum Gasteiger partial charge on any atom is 0.0250 e. The minimum absolute atomic E-state index is 0.331. The van der Waals surface area contributed by atoms with Crippen molar-refractivity contribution in [3.8, 4) is 0 Å². The SMILES string of the molecule is N=CC1=CC=C(C2=CC3=C(C=C(C4=Cc5c(cc(C6=CC7=C(C=C(c8ccc(C=N)cc8)CC7)CC6)c6ccccc56)C5C=CC=CC45)CC3)CC2)CC1. The van der Waals surface area contributed by atoms with E-state index in [1.165, 1.54) is 101 Å². The molecule has 0 spiro atoms. The van der Waals surface area contributed by atoms with Gasteiger partial charge in [0.15, 0.2) is 0 Å². The van der Waals surface area contributed by atoms with Crippen LogP contribution in [0.2, 0.25) is 0 Å². The second-order valence-corrected chi connectivity index (χ2v) is 16.0. The zero-order valence-corrected chi connectivity index (χ0v) is 30.9. The molecule has 0 heterocycles. The number of allylic oxidation sites excluding steroid dienone is 21. The summed E-state index contributed by atoms with van der Waals surface area (Å²) >= 11 is 0. The summed E-state index contributed by atoms with van der Waals surface area (Å²) in [6, 6.07) is 20.2. The molecular formula is C52H46N2. The monoisotopic (exact) mass is 698 g/mol. The lowest BCUT2D eigenvalue weighted by Crippen LogP contribution is -2.21. The topological polar surface area (TPSA) is 47.7 Å². The van der Waals surface area contributed by atoms with Crippen LogP contribution in [0.25, 0.3) is 28.0 Å². The van der Waals surface area contributed by atoms with Gasteiger partial charge in [0.05, 0.1) is 0 Å². The second-order valence-electron chi connectivity index (χ2n) is 16.0. The molecule has 0 aliphatic heterocycles. The number of nitrogens with one attached hydrogen (secondary N) is 2. The van der Waals surface area contributed by atoms with Crippen molar-refractivity contribution in [2.45, 2.75) is 70.1 Å². The largest absolute Gasteiger partial charge is 0.308 e. The third kappa shape index (κ3) is 5.80.